The first-order valence-corrected chi connectivity index (χ1v) is 5.17. The van der Waals surface area contributed by atoms with Gasteiger partial charge in [-0.05, 0) is 19.3 Å². The largest absolute Gasteiger partial charge is 0.491 e. The number of carboxylic acid groups (broad SMARTS) is 1. The fourth-order valence-electron chi connectivity index (χ4n) is 1.61. The zero-order valence-corrected chi connectivity index (χ0v) is 9.49. The van der Waals surface area contributed by atoms with E-state index in [0.717, 1.165) is 0 Å². The van der Waals surface area contributed by atoms with Gasteiger partial charge in [0.05, 0.1) is 0 Å². The molecular weight excluding hydrogens is 271 g/mol. The van der Waals surface area contributed by atoms with Gasteiger partial charge in [-0.3, -0.25) is 0 Å². The molecule has 6 nitrogen and oxygen atoms in total. The molecule has 1 atom stereocenters. The van der Waals surface area contributed by atoms with Gasteiger partial charge in [0.15, 0.2) is 0 Å². The van der Waals surface area contributed by atoms with Gasteiger partial charge in [-0.15, -0.1) is 0 Å². The summed E-state index contributed by atoms with van der Waals surface area (Å²) in [5, 5.41) is 8.82. The quantitative estimate of drug-likeness (QED) is 0.564. The number of rotatable bonds is 2. The highest BCUT2D eigenvalue weighted by Gasteiger charge is 2.43. The van der Waals surface area contributed by atoms with Gasteiger partial charge < -0.3 is 15.6 Å². The van der Waals surface area contributed by atoms with E-state index in [-0.39, 0.29) is 24.8 Å². The van der Waals surface area contributed by atoms with E-state index in [4.69, 9.17) is 10.8 Å². The average Bonchev–Trinajstić information content (AvgIpc) is 2.26. The highest BCUT2D eigenvalue weighted by molar-refractivity contribution is 6.03. The summed E-state index contributed by atoms with van der Waals surface area (Å²) < 4.78 is 39.4. The third-order valence-electron chi connectivity index (χ3n) is 2.52. The lowest BCUT2D eigenvalue weighted by molar-refractivity contribution is -0.200. The first-order chi connectivity index (χ1) is 8.62. The van der Waals surface area contributed by atoms with Crippen LogP contribution in [0.15, 0.2) is 11.1 Å². The smallest absolute Gasteiger partial charge is 0.478 e. The molecule has 0 bridgehead atoms. The highest BCUT2D eigenvalue weighted by Crippen LogP contribution is 2.26. The molecule has 0 aliphatic heterocycles. The number of aliphatic carboxylic acids is 1. The molecule has 0 spiro atoms. The summed E-state index contributed by atoms with van der Waals surface area (Å²) in [6.07, 6.45) is -5.35. The first kappa shape index (κ1) is 15.2. The second-order valence-corrected chi connectivity index (χ2v) is 3.94. The Morgan fingerprint density at radius 2 is 1.84 bits per heavy atom. The van der Waals surface area contributed by atoms with Crippen molar-refractivity contribution in [3.8, 4) is 0 Å². The van der Waals surface area contributed by atoms with Crippen molar-refractivity contribution in [2.45, 2.75) is 31.5 Å². The molecular formula is C10H10F3NO5. The highest BCUT2D eigenvalue weighted by atomic mass is 19.4. The van der Waals surface area contributed by atoms with Crippen molar-refractivity contribution in [1.82, 2.24) is 0 Å². The van der Waals surface area contributed by atoms with E-state index in [0.29, 0.717) is 0 Å². The third-order valence-corrected chi connectivity index (χ3v) is 2.52. The van der Waals surface area contributed by atoms with Gasteiger partial charge in [0.1, 0.15) is 0 Å². The number of hydrogen-bond donors (Lipinski definition) is 2. The molecule has 1 aliphatic rings. The van der Waals surface area contributed by atoms with E-state index >= 15 is 0 Å². The predicted octanol–water partition coefficient (Wildman–Crippen LogP) is 0.511. The van der Waals surface area contributed by atoms with E-state index in [1.54, 1.807) is 0 Å². The summed E-state index contributed by atoms with van der Waals surface area (Å²) in [6.45, 7) is 0. The number of nitrogens with two attached hydrogens (primary N) is 1. The molecule has 0 aromatic carbocycles. The Kier molecular flexibility index (Phi) is 4.30. The van der Waals surface area contributed by atoms with Crippen LogP contribution < -0.4 is 5.73 Å². The lowest BCUT2D eigenvalue weighted by Gasteiger charge is -2.21. The molecule has 9 heteroatoms. The second-order valence-electron chi connectivity index (χ2n) is 3.94. The van der Waals surface area contributed by atoms with Crippen LogP contribution in [0.4, 0.5) is 13.2 Å². The fraction of sp³-hybridized carbons (Fsp3) is 0.500. The molecule has 19 heavy (non-hydrogen) atoms. The molecule has 0 heterocycles. The maximum atomic E-state index is 11.9. The average molecular weight is 281 g/mol. The van der Waals surface area contributed by atoms with E-state index in [2.05, 4.69) is 4.74 Å². The molecule has 0 saturated heterocycles. The van der Waals surface area contributed by atoms with Crippen LogP contribution in [0.1, 0.15) is 19.3 Å². The number of carbonyl (C=O) groups excluding carboxylic acids is 2. The zero-order valence-electron chi connectivity index (χ0n) is 9.49. The minimum absolute atomic E-state index is 0.0683. The van der Waals surface area contributed by atoms with Crippen molar-refractivity contribution in [3.63, 3.8) is 0 Å². The number of carbonyl (C=O) groups is 3. The summed E-state index contributed by atoms with van der Waals surface area (Å²) in [4.78, 5) is 32.7. The monoisotopic (exact) mass is 281 g/mol. The van der Waals surface area contributed by atoms with Crippen LogP contribution in [0.2, 0.25) is 0 Å². The minimum Gasteiger partial charge on any atom is -0.478 e. The van der Waals surface area contributed by atoms with Crippen molar-refractivity contribution < 1.29 is 37.4 Å². The van der Waals surface area contributed by atoms with Gasteiger partial charge in [0, 0.05) is 17.2 Å². The van der Waals surface area contributed by atoms with Crippen molar-refractivity contribution in [2.75, 3.05) is 0 Å². The van der Waals surface area contributed by atoms with Crippen molar-refractivity contribution in [2.24, 2.45) is 5.73 Å². The second kappa shape index (κ2) is 5.39. The lowest BCUT2D eigenvalue weighted by Crippen LogP contribution is -2.33. The topological polar surface area (TPSA) is 107 Å². The summed E-state index contributed by atoms with van der Waals surface area (Å²) in [5.74, 6) is -5.75. The molecule has 1 aliphatic carbocycles. The van der Waals surface area contributed by atoms with Crippen molar-refractivity contribution >= 4 is 17.9 Å². The van der Waals surface area contributed by atoms with Gasteiger partial charge in [-0.25, -0.2) is 14.4 Å². The SMILES string of the molecule is NC1CCC(C(=O)O)=C(C(=O)OC(=O)C(F)(F)F)C1. The van der Waals surface area contributed by atoms with E-state index < -0.39 is 35.7 Å². The van der Waals surface area contributed by atoms with Crippen molar-refractivity contribution in [1.29, 1.82) is 0 Å². The van der Waals surface area contributed by atoms with Crippen LogP contribution >= 0.6 is 0 Å². The third kappa shape index (κ3) is 3.78. The van der Waals surface area contributed by atoms with E-state index in [9.17, 15) is 27.6 Å². The Morgan fingerprint density at radius 3 is 2.32 bits per heavy atom. The molecule has 3 N–H and O–H groups in total. The van der Waals surface area contributed by atoms with Crippen molar-refractivity contribution in [3.05, 3.63) is 11.1 Å². The molecule has 0 aromatic heterocycles. The summed E-state index contributed by atoms with van der Waals surface area (Å²) in [6, 6.07) is -0.563. The van der Waals surface area contributed by atoms with E-state index in [1.807, 2.05) is 0 Å². The molecule has 1 rings (SSSR count). The van der Waals surface area contributed by atoms with E-state index in [1.165, 1.54) is 0 Å². The number of esters is 2. The predicted molar refractivity (Wildman–Crippen MR) is 53.6 cm³/mol. The molecule has 106 valence electrons. The Bertz CT molecular complexity index is 455. The van der Waals surface area contributed by atoms with Crippen LogP contribution in [0.5, 0.6) is 0 Å². The van der Waals surface area contributed by atoms with Gasteiger partial charge >= 0.3 is 24.1 Å². The molecule has 0 aromatic rings. The Labute approximate surface area is 105 Å². The van der Waals surface area contributed by atoms with Crippen LogP contribution in [0.25, 0.3) is 0 Å². The minimum atomic E-state index is -5.32. The summed E-state index contributed by atoms with van der Waals surface area (Å²) >= 11 is 0. The molecule has 0 saturated carbocycles. The summed E-state index contributed by atoms with van der Waals surface area (Å²) in [5.41, 5.74) is 4.63. The maximum Gasteiger partial charge on any atom is 0.491 e. The van der Waals surface area contributed by atoms with Gasteiger partial charge in [0.2, 0.25) is 0 Å². The first-order valence-electron chi connectivity index (χ1n) is 5.17. The van der Waals surface area contributed by atoms with Crippen LogP contribution in [-0.2, 0) is 19.1 Å². The maximum absolute atomic E-state index is 11.9. The van der Waals surface area contributed by atoms with Crippen LogP contribution in [0, 0.1) is 0 Å². The number of hydrogen-bond acceptors (Lipinski definition) is 5. The van der Waals surface area contributed by atoms with Crippen LogP contribution in [0.3, 0.4) is 0 Å². The fourth-order valence-corrected chi connectivity index (χ4v) is 1.61. The Hall–Kier alpha value is -1.90. The van der Waals surface area contributed by atoms with Crippen LogP contribution in [-0.4, -0.2) is 35.2 Å². The summed E-state index contributed by atoms with van der Waals surface area (Å²) in [7, 11) is 0. The Morgan fingerprint density at radius 1 is 1.26 bits per heavy atom. The number of ether oxygens (including phenoxy) is 1. The zero-order chi connectivity index (χ0) is 14.8. The standard InChI is InChI=1S/C10H10F3NO5/c11-10(12,13)9(18)19-8(17)6-3-4(14)1-2-5(6)7(15)16/h4H,1-3,14H2,(H,15,16). The number of carboxylic acids is 1. The lowest BCUT2D eigenvalue weighted by atomic mass is 9.88. The number of alkyl halides is 3. The van der Waals surface area contributed by atoms with Gasteiger partial charge in [-0.1, -0.05) is 0 Å². The molecule has 1 unspecified atom stereocenters. The molecule has 0 radical (unpaired) electrons. The Balaban J connectivity index is 2.95. The molecule has 0 fully saturated rings. The van der Waals surface area contributed by atoms with Gasteiger partial charge in [0.25, 0.3) is 0 Å². The van der Waals surface area contributed by atoms with Gasteiger partial charge in [-0.2, -0.15) is 13.2 Å². The normalized spacial score (nSPS) is 20.1. The molecule has 0 amide bonds. The number of halogens is 3.